The van der Waals surface area contributed by atoms with Crippen molar-refractivity contribution >= 4 is 11.9 Å². The van der Waals surface area contributed by atoms with Crippen LogP contribution in [0.1, 0.15) is 76.6 Å². The quantitative estimate of drug-likeness (QED) is 0.695. The lowest BCUT2D eigenvalue weighted by Gasteiger charge is -2.33. The van der Waals surface area contributed by atoms with Crippen LogP contribution >= 0.6 is 0 Å². The number of nitrogens with zero attached hydrogens (tertiary/aromatic N) is 1. The fourth-order valence-corrected chi connectivity index (χ4v) is 4.04. The van der Waals surface area contributed by atoms with E-state index in [2.05, 4.69) is 11.8 Å². The van der Waals surface area contributed by atoms with Crippen LogP contribution in [0.5, 0.6) is 0 Å². The van der Waals surface area contributed by atoms with Gasteiger partial charge in [-0.2, -0.15) is 0 Å². The van der Waals surface area contributed by atoms with E-state index in [-0.39, 0.29) is 0 Å². The highest BCUT2D eigenvalue weighted by Gasteiger charge is 2.32. The number of esters is 2. The van der Waals surface area contributed by atoms with Crippen LogP contribution in [0.4, 0.5) is 0 Å². The monoisotopic (exact) mass is 361 g/mol. The predicted molar refractivity (Wildman–Crippen MR) is 102 cm³/mol. The van der Waals surface area contributed by atoms with Crippen LogP contribution in [-0.2, 0) is 35.3 Å². The average molecular weight is 361 g/mol. The van der Waals surface area contributed by atoms with Gasteiger partial charge in [-0.05, 0) is 54.5 Å². The molecule has 0 atom stereocenters. The third-order valence-electron chi connectivity index (χ3n) is 5.32. The minimum Gasteiger partial charge on any atom is -0.465 e. The molecule has 144 valence electrons. The first-order chi connectivity index (χ1) is 12.5. The molecule has 0 saturated heterocycles. The Bertz CT molecular complexity index is 681. The lowest BCUT2D eigenvalue weighted by atomic mass is 9.81. The van der Waals surface area contributed by atoms with Crippen LogP contribution in [0.3, 0.4) is 0 Å². The fraction of sp³-hybridized carbons (Fsp3) is 0.619. The molecule has 0 amide bonds. The second-order valence-corrected chi connectivity index (χ2v) is 6.73. The summed E-state index contributed by atoms with van der Waals surface area (Å²) in [5.74, 6) is -0.904. The Balaban J connectivity index is 2.70. The molecule has 26 heavy (non-hydrogen) atoms. The molecule has 0 bridgehead atoms. The molecule has 1 aliphatic heterocycles. The highest BCUT2D eigenvalue weighted by Crippen LogP contribution is 2.34. The standard InChI is InChI=1S/C21H31NO4/c1-6-9-11-22-12-10-16-14(7-2)18(20(23)25-4)19(21(24)26-5)15(8-3)17(16)13-22/h6-13H2,1-5H3. The molecule has 0 N–H and O–H groups in total. The molecule has 1 aliphatic rings. The maximum atomic E-state index is 12.6. The average Bonchev–Trinajstić information content (AvgIpc) is 2.68. The van der Waals surface area contributed by atoms with Gasteiger partial charge in [0.2, 0.25) is 0 Å². The molecule has 1 aromatic carbocycles. The van der Waals surface area contributed by atoms with E-state index in [9.17, 15) is 9.59 Å². The Morgan fingerprint density at radius 3 is 1.92 bits per heavy atom. The molecule has 1 aromatic rings. The minimum atomic E-state index is -0.453. The van der Waals surface area contributed by atoms with Crippen LogP contribution < -0.4 is 0 Å². The molecule has 2 rings (SSSR count). The molecule has 0 radical (unpaired) electrons. The third kappa shape index (κ3) is 3.78. The van der Waals surface area contributed by atoms with Gasteiger partial charge in [0.15, 0.2) is 0 Å². The summed E-state index contributed by atoms with van der Waals surface area (Å²) in [6.45, 7) is 9.13. The normalized spacial score (nSPS) is 14.0. The van der Waals surface area contributed by atoms with Gasteiger partial charge in [-0.3, -0.25) is 4.90 Å². The van der Waals surface area contributed by atoms with E-state index >= 15 is 0 Å². The van der Waals surface area contributed by atoms with Crippen molar-refractivity contribution in [1.82, 2.24) is 4.90 Å². The van der Waals surface area contributed by atoms with Crippen molar-refractivity contribution in [2.75, 3.05) is 27.3 Å². The summed E-state index contributed by atoms with van der Waals surface area (Å²) in [7, 11) is 2.72. The molecular weight excluding hydrogens is 330 g/mol. The van der Waals surface area contributed by atoms with Crippen molar-refractivity contribution in [3.63, 3.8) is 0 Å². The zero-order valence-corrected chi connectivity index (χ0v) is 16.7. The van der Waals surface area contributed by atoms with Gasteiger partial charge in [0.25, 0.3) is 0 Å². The number of methoxy groups -OCH3 is 2. The molecule has 0 saturated carbocycles. The Morgan fingerprint density at radius 2 is 1.46 bits per heavy atom. The maximum Gasteiger partial charge on any atom is 0.339 e. The summed E-state index contributed by atoms with van der Waals surface area (Å²) in [5.41, 5.74) is 5.12. The number of rotatable bonds is 7. The number of hydrogen-bond donors (Lipinski definition) is 0. The van der Waals surface area contributed by atoms with E-state index in [0.717, 1.165) is 37.2 Å². The molecule has 0 aliphatic carbocycles. The molecule has 0 aromatic heterocycles. The van der Waals surface area contributed by atoms with Crippen molar-refractivity contribution < 1.29 is 19.1 Å². The molecule has 0 unspecified atom stereocenters. The van der Waals surface area contributed by atoms with Crippen molar-refractivity contribution in [3.8, 4) is 0 Å². The van der Waals surface area contributed by atoms with Gasteiger partial charge in [0.05, 0.1) is 25.3 Å². The first kappa shape index (κ1) is 20.4. The van der Waals surface area contributed by atoms with E-state index < -0.39 is 11.9 Å². The molecule has 1 heterocycles. The SMILES string of the molecule is CCCCN1CCc2c(c(CC)c(C(=O)OC)c(C(=O)OC)c2CC)C1. The maximum absolute atomic E-state index is 12.6. The van der Waals surface area contributed by atoms with E-state index in [1.54, 1.807) is 0 Å². The number of fused-ring (bicyclic) bond motifs is 1. The van der Waals surface area contributed by atoms with Crippen molar-refractivity contribution in [3.05, 3.63) is 33.4 Å². The molecule has 0 spiro atoms. The summed E-state index contributed by atoms with van der Waals surface area (Å²) < 4.78 is 10.1. The van der Waals surface area contributed by atoms with Crippen molar-refractivity contribution in [2.45, 2.75) is 59.4 Å². The number of hydrogen-bond acceptors (Lipinski definition) is 5. The van der Waals surface area contributed by atoms with Gasteiger partial charge in [-0.15, -0.1) is 0 Å². The number of carbonyl (C=O) groups excluding carboxylic acids is 2. The smallest absolute Gasteiger partial charge is 0.339 e. The van der Waals surface area contributed by atoms with Crippen LogP contribution in [0.25, 0.3) is 0 Å². The zero-order valence-electron chi connectivity index (χ0n) is 16.7. The van der Waals surface area contributed by atoms with E-state index in [4.69, 9.17) is 9.47 Å². The second kappa shape index (κ2) is 9.17. The number of unbranched alkanes of at least 4 members (excludes halogenated alkanes) is 1. The van der Waals surface area contributed by atoms with Crippen molar-refractivity contribution in [1.29, 1.82) is 0 Å². The largest absolute Gasteiger partial charge is 0.465 e. The van der Waals surface area contributed by atoms with E-state index in [1.165, 1.54) is 38.2 Å². The van der Waals surface area contributed by atoms with Gasteiger partial charge in [-0.1, -0.05) is 27.2 Å². The van der Waals surface area contributed by atoms with Crippen LogP contribution in [-0.4, -0.2) is 44.1 Å². The van der Waals surface area contributed by atoms with Gasteiger partial charge in [0.1, 0.15) is 0 Å². The lowest BCUT2D eigenvalue weighted by molar-refractivity contribution is 0.0552. The van der Waals surface area contributed by atoms with Crippen LogP contribution in [0.2, 0.25) is 0 Å². The van der Waals surface area contributed by atoms with E-state index in [1.807, 2.05) is 13.8 Å². The highest BCUT2D eigenvalue weighted by molar-refractivity contribution is 6.06. The summed E-state index contributed by atoms with van der Waals surface area (Å²) in [6.07, 6.45) is 4.61. The Labute approximate surface area is 156 Å². The molecule has 5 heteroatoms. The number of carbonyl (C=O) groups is 2. The van der Waals surface area contributed by atoms with Gasteiger partial charge in [-0.25, -0.2) is 9.59 Å². The van der Waals surface area contributed by atoms with Crippen LogP contribution in [0, 0.1) is 0 Å². The summed E-state index contributed by atoms with van der Waals surface area (Å²) >= 11 is 0. The van der Waals surface area contributed by atoms with Gasteiger partial charge >= 0.3 is 11.9 Å². The number of benzene rings is 1. The Kier molecular flexibility index (Phi) is 7.21. The minimum absolute atomic E-state index is 0.398. The molecular formula is C21H31NO4. The van der Waals surface area contributed by atoms with E-state index in [0.29, 0.717) is 24.0 Å². The molecule has 5 nitrogen and oxygen atoms in total. The Morgan fingerprint density at radius 1 is 0.923 bits per heavy atom. The summed E-state index contributed by atoms with van der Waals surface area (Å²) in [6, 6.07) is 0. The Hall–Kier alpha value is -1.88. The fourth-order valence-electron chi connectivity index (χ4n) is 4.04. The van der Waals surface area contributed by atoms with Gasteiger partial charge in [0, 0.05) is 13.1 Å². The zero-order chi connectivity index (χ0) is 19.3. The summed E-state index contributed by atoms with van der Waals surface area (Å²) in [4.78, 5) is 27.6. The topological polar surface area (TPSA) is 55.8 Å². The number of ether oxygens (including phenoxy) is 2. The van der Waals surface area contributed by atoms with Gasteiger partial charge < -0.3 is 9.47 Å². The highest BCUT2D eigenvalue weighted by atomic mass is 16.5. The first-order valence-corrected chi connectivity index (χ1v) is 9.62. The second-order valence-electron chi connectivity index (χ2n) is 6.73. The third-order valence-corrected chi connectivity index (χ3v) is 5.32. The first-order valence-electron chi connectivity index (χ1n) is 9.62. The lowest BCUT2D eigenvalue weighted by Crippen LogP contribution is -2.34. The molecule has 0 fully saturated rings. The van der Waals surface area contributed by atoms with Crippen LogP contribution in [0.15, 0.2) is 0 Å². The summed E-state index contributed by atoms with van der Waals surface area (Å²) in [5, 5.41) is 0. The predicted octanol–water partition coefficient (Wildman–Crippen LogP) is 3.54. The van der Waals surface area contributed by atoms with Crippen molar-refractivity contribution in [2.24, 2.45) is 0 Å².